The summed E-state index contributed by atoms with van der Waals surface area (Å²) in [6.07, 6.45) is 8.25. The molecule has 3 rings (SSSR count). The van der Waals surface area contributed by atoms with Gasteiger partial charge in [-0.15, -0.1) is 0 Å². The third-order valence-electron chi connectivity index (χ3n) is 5.30. The molecular formula is C18H29N2O+. The van der Waals surface area contributed by atoms with Gasteiger partial charge in [0.1, 0.15) is 0 Å². The molecule has 21 heavy (non-hydrogen) atoms. The summed E-state index contributed by atoms with van der Waals surface area (Å²) in [5.74, 6) is 0. The van der Waals surface area contributed by atoms with Crippen molar-refractivity contribution in [2.24, 2.45) is 0 Å². The van der Waals surface area contributed by atoms with Crippen molar-refractivity contribution in [1.29, 1.82) is 0 Å². The number of likely N-dealkylation sites (tertiary alicyclic amines) is 1. The van der Waals surface area contributed by atoms with E-state index in [-0.39, 0.29) is 6.23 Å². The van der Waals surface area contributed by atoms with Crippen LogP contribution >= 0.6 is 0 Å². The fraction of sp³-hybridized carbons (Fsp3) is 0.667. The Morgan fingerprint density at radius 2 is 1.52 bits per heavy atom. The van der Waals surface area contributed by atoms with Crippen LogP contribution in [-0.2, 0) is 6.42 Å². The SMILES string of the molecule is OC(Cc1ccccc1)[N+]1(N2CCCCC2)CCCCC1. The zero-order chi connectivity index (χ0) is 14.5. The Bertz CT molecular complexity index is 422. The van der Waals surface area contributed by atoms with Crippen LogP contribution in [-0.4, -0.2) is 47.1 Å². The van der Waals surface area contributed by atoms with E-state index in [0.29, 0.717) is 0 Å². The molecule has 1 unspecified atom stereocenters. The molecule has 0 aromatic heterocycles. The van der Waals surface area contributed by atoms with Crippen LogP contribution in [0.2, 0.25) is 0 Å². The average molecular weight is 289 g/mol. The van der Waals surface area contributed by atoms with Crippen LogP contribution in [0.25, 0.3) is 0 Å². The first kappa shape index (κ1) is 15.0. The Balaban J connectivity index is 1.77. The second-order valence-electron chi connectivity index (χ2n) is 6.68. The minimum atomic E-state index is -0.286. The normalized spacial score (nSPS) is 24.6. The fourth-order valence-electron chi connectivity index (χ4n) is 4.10. The molecule has 2 aliphatic heterocycles. The molecule has 0 aliphatic carbocycles. The van der Waals surface area contributed by atoms with E-state index in [1.54, 1.807) is 0 Å². The first-order valence-electron chi connectivity index (χ1n) is 8.65. The van der Waals surface area contributed by atoms with E-state index in [0.717, 1.165) is 37.2 Å². The van der Waals surface area contributed by atoms with E-state index in [4.69, 9.17) is 0 Å². The zero-order valence-electron chi connectivity index (χ0n) is 13.1. The van der Waals surface area contributed by atoms with Gasteiger partial charge in [0.25, 0.3) is 0 Å². The van der Waals surface area contributed by atoms with Gasteiger partial charge in [0, 0.05) is 13.1 Å². The van der Waals surface area contributed by atoms with E-state index in [2.05, 4.69) is 29.3 Å². The van der Waals surface area contributed by atoms with Gasteiger partial charge in [0.05, 0.1) is 19.5 Å². The number of rotatable bonds is 4. The number of aliphatic hydroxyl groups excluding tert-OH is 1. The highest BCUT2D eigenvalue weighted by molar-refractivity contribution is 5.14. The quantitative estimate of drug-likeness (QED) is 0.862. The Kier molecular flexibility index (Phi) is 4.94. The van der Waals surface area contributed by atoms with Gasteiger partial charge in [-0.05, 0) is 37.7 Å². The van der Waals surface area contributed by atoms with Gasteiger partial charge in [0.15, 0.2) is 0 Å². The molecule has 3 heteroatoms. The monoisotopic (exact) mass is 289 g/mol. The minimum Gasteiger partial charge on any atom is -0.343 e. The lowest BCUT2D eigenvalue weighted by Gasteiger charge is -2.51. The van der Waals surface area contributed by atoms with Gasteiger partial charge >= 0.3 is 0 Å². The summed E-state index contributed by atoms with van der Waals surface area (Å²) in [5.41, 5.74) is 1.25. The lowest BCUT2D eigenvalue weighted by Crippen LogP contribution is -2.68. The van der Waals surface area contributed by atoms with E-state index in [1.807, 2.05) is 6.07 Å². The summed E-state index contributed by atoms with van der Waals surface area (Å²) < 4.78 is 0.828. The van der Waals surface area contributed by atoms with Crippen LogP contribution in [0.5, 0.6) is 0 Å². The minimum absolute atomic E-state index is 0.286. The summed E-state index contributed by atoms with van der Waals surface area (Å²) in [7, 11) is 0. The van der Waals surface area contributed by atoms with Crippen molar-refractivity contribution in [2.45, 2.75) is 51.2 Å². The molecule has 2 fully saturated rings. The predicted molar refractivity (Wildman–Crippen MR) is 85.4 cm³/mol. The number of hydrogen-bond acceptors (Lipinski definition) is 2. The molecule has 2 heterocycles. The highest BCUT2D eigenvalue weighted by Crippen LogP contribution is 2.29. The van der Waals surface area contributed by atoms with E-state index < -0.39 is 0 Å². The van der Waals surface area contributed by atoms with E-state index >= 15 is 0 Å². The molecule has 0 saturated carbocycles. The smallest absolute Gasteiger partial charge is 0.212 e. The summed E-state index contributed by atoms with van der Waals surface area (Å²) in [4.78, 5) is 0. The molecule has 3 nitrogen and oxygen atoms in total. The molecule has 1 aromatic rings. The van der Waals surface area contributed by atoms with Crippen LogP contribution in [0, 0.1) is 0 Å². The van der Waals surface area contributed by atoms with Crippen LogP contribution in [0.4, 0.5) is 0 Å². The van der Waals surface area contributed by atoms with Crippen LogP contribution in [0.1, 0.15) is 44.1 Å². The summed E-state index contributed by atoms with van der Waals surface area (Å²) in [5, 5.41) is 13.6. The molecule has 0 spiro atoms. The molecule has 1 atom stereocenters. The molecule has 1 aromatic carbocycles. The van der Waals surface area contributed by atoms with Gasteiger partial charge in [-0.2, -0.15) is 5.01 Å². The molecule has 1 N–H and O–H groups in total. The van der Waals surface area contributed by atoms with Crippen LogP contribution in [0.3, 0.4) is 0 Å². The van der Waals surface area contributed by atoms with Gasteiger partial charge in [-0.1, -0.05) is 36.8 Å². The number of aliphatic hydroxyl groups is 1. The van der Waals surface area contributed by atoms with Crippen molar-refractivity contribution in [1.82, 2.24) is 5.01 Å². The van der Waals surface area contributed by atoms with Gasteiger partial charge in [-0.25, -0.2) is 4.59 Å². The van der Waals surface area contributed by atoms with Crippen LogP contribution in [0.15, 0.2) is 30.3 Å². The zero-order valence-corrected chi connectivity index (χ0v) is 13.1. The predicted octanol–water partition coefficient (Wildman–Crippen LogP) is 2.95. The maximum atomic E-state index is 11.1. The summed E-state index contributed by atoms with van der Waals surface area (Å²) >= 11 is 0. The Morgan fingerprint density at radius 3 is 2.19 bits per heavy atom. The van der Waals surface area contributed by atoms with Crippen molar-refractivity contribution < 1.29 is 9.70 Å². The van der Waals surface area contributed by atoms with Crippen molar-refractivity contribution in [2.75, 3.05) is 26.2 Å². The van der Waals surface area contributed by atoms with Crippen molar-refractivity contribution in [3.05, 3.63) is 35.9 Å². The summed E-state index contributed by atoms with van der Waals surface area (Å²) in [6, 6.07) is 10.5. The molecule has 116 valence electrons. The van der Waals surface area contributed by atoms with Gasteiger partial charge in [0.2, 0.25) is 6.23 Å². The molecule has 0 radical (unpaired) electrons. The van der Waals surface area contributed by atoms with E-state index in [9.17, 15) is 5.11 Å². The topological polar surface area (TPSA) is 23.5 Å². The first-order valence-corrected chi connectivity index (χ1v) is 8.65. The van der Waals surface area contributed by atoms with Crippen molar-refractivity contribution in [3.8, 4) is 0 Å². The number of benzene rings is 1. The molecule has 2 saturated heterocycles. The first-order chi connectivity index (χ1) is 10.3. The molecule has 2 aliphatic rings. The lowest BCUT2D eigenvalue weighted by atomic mass is 10.0. The Morgan fingerprint density at radius 1 is 0.905 bits per heavy atom. The third kappa shape index (κ3) is 3.31. The number of quaternary nitrogens is 1. The number of nitrogens with zero attached hydrogens (tertiary/aromatic N) is 2. The second-order valence-corrected chi connectivity index (χ2v) is 6.68. The maximum absolute atomic E-state index is 11.1. The molecule has 0 amide bonds. The van der Waals surface area contributed by atoms with Gasteiger partial charge < -0.3 is 5.11 Å². The Labute approximate surface area is 128 Å². The average Bonchev–Trinajstić information content (AvgIpc) is 2.57. The van der Waals surface area contributed by atoms with Crippen molar-refractivity contribution in [3.63, 3.8) is 0 Å². The number of hydrogen-bond donors (Lipinski definition) is 1. The maximum Gasteiger partial charge on any atom is 0.212 e. The number of piperidine rings is 2. The molecule has 0 bridgehead atoms. The fourth-order valence-corrected chi connectivity index (χ4v) is 4.10. The lowest BCUT2D eigenvalue weighted by molar-refractivity contribution is -1.07. The third-order valence-corrected chi connectivity index (χ3v) is 5.30. The standard InChI is InChI=1S/C18H29N2O/c21-18(16-17-10-4-1-5-11-17)20(14-8-3-9-15-20)19-12-6-2-7-13-19/h1,4-5,10-11,18,21H,2-3,6-9,12-16H2/q+1. The van der Waals surface area contributed by atoms with Gasteiger partial charge in [-0.3, -0.25) is 0 Å². The highest BCUT2D eigenvalue weighted by atomic mass is 16.3. The van der Waals surface area contributed by atoms with E-state index in [1.165, 1.54) is 44.1 Å². The van der Waals surface area contributed by atoms with Crippen molar-refractivity contribution >= 4 is 0 Å². The second kappa shape index (κ2) is 6.91. The van der Waals surface area contributed by atoms with Crippen LogP contribution < -0.4 is 0 Å². The largest absolute Gasteiger partial charge is 0.343 e. The summed E-state index contributed by atoms with van der Waals surface area (Å²) in [6.45, 7) is 4.56. The molecular weight excluding hydrogens is 260 g/mol. The Hall–Kier alpha value is -0.900. The highest BCUT2D eigenvalue weighted by Gasteiger charge is 2.43.